The van der Waals surface area contributed by atoms with Crippen LogP contribution in [0.3, 0.4) is 0 Å². The zero-order valence-corrected chi connectivity index (χ0v) is 9.73. The Morgan fingerprint density at radius 1 is 1.18 bits per heavy atom. The lowest BCUT2D eigenvalue weighted by molar-refractivity contribution is 0.0972. The number of carbonyl (C=O) groups excluding carboxylic acids is 1. The van der Waals surface area contributed by atoms with Crippen molar-refractivity contribution in [2.75, 3.05) is 21.3 Å². The standard InChI is InChI=1S/C11H12N2O4/c1-15-8-4-7(11(14)13-6-12)5-9(16-2)10(8)17-3/h4-5H,1-3H3,(H,13,14). The highest BCUT2D eigenvalue weighted by Crippen LogP contribution is 2.38. The van der Waals surface area contributed by atoms with Gasteiger partial charge in [-0.05, 0) is 12.1 Å². The molecule has 0 aromatic heterocycles. The van der Waals surface area contributed by atoms with Gasteiger partial charge in [0, 0.05) is 5.56 Å². The van der Waals surface area contributed by atoms with E-state index in [4.69, 9.17) is 19.5 Å². The fourth-order valence-corrected chi connectivity index (χ4v) is 1.34. The lowest BCUT2D eigenvalue weighted by Gasteiger charge is -2.13. The van der Waals surface area contributed by atoms with Crippen LogP contribution < -0.4 is 19.5 Å². The minimum absolute atomic E-state index is 0.251. The van der Waals surface area contributed by atoms with E-state index < -0.39 is 5.91 Å². The summed E-state index contributed by atoms with van der Waals surface area (Å²) >= 11 is 0. The molecule has 90 valence electrons. The quantitative estimate of drug-likeness (QED) is 0.621. The number of nitriles is 1. The molecular formula is C11H12N2O4. The number of rotatable bonds is 4. The smallest absolute Gasteiger partial charge is 0.264 e. The second kappa shape index (κ2) is 5.61. The van der Waals surface area contributed by atoms with Gasteiger partial charge in [-0.3, -0.25) is 10.1 Å². The van der Waals surface area contributed by atoms with Crippen molar-refractivity contribution in [3.05, 3.63) is 17.7 Å². The van der Waals surface area contributed by atoms with E-state index in [0.29, 0.717) is 17.2 Å². The lowest BCUT2D eigenvalue weighted by Crippen LogP contribution is -2.17. The Labute approximate surface area is 98.7 Å². The summed E-state index contributed by atoms with van der Waals surface area (Å²) in [5.41, 5.74) is 0.251. The molecule has 0 radical (unpaired) electrons. The number of nitrogens with one attached hydrogen (secondary N) is 1. The molecular weight excluding hydrogens is 224 g/mol. The lowest BCUT2D eigenvalue weighted by atomic mass is 10.1. The van der Waals surface area contributed by atoms with Crippen molar-refractivity contribution in [2.24, 2.45) is 0 Å². The van der Waals surface area contributed by atoms with Crippen LogP contribution in [0.25, 0.3) is 0 Å². The summed E-state index contributed by atoms with van der Waals surface area (Å²) < 4.78 is 15.3. The number of hydrogen-bond acceptors (Lipinski definition) is 5. The van der Waals surface area contributed by atoms with E-state index in [-0.39, 0.29) is 5.56 Å². The fraction of sp³-hybridized carbons (Fsp3) is 0.273. The average Bonchev–Trinajstić information content (AvgIpc) is 2.37. The van der Waals surface area contributed by atoms with Gasteiger partial charge in [0.15, 0.2) is 17.7 Å². The first kappa shape index (κ1) is 12.6. The van der Waals surface area contributed by atoms with Crippen LogP contribution in [0, 0.1) is 11.5 Å². The molecule has 0 unspecified atom stereocenters. The first-order chi connectivity index (χ1) is 8.17. The Morgan fingerprint density at radius 3 is 2.06 bits per heavy atom. The van der Waals surface area contributed by atoms with Crippen molar-refractivity contribution < 1.29 is 19.0 Å². The van der Waals surface area contributed by atoms with Gasteiger partial charge < -0.3 is 14.2 Å². The molecule has 0 atom stereocenters. The highest BCUT2D eigenvalue weighted by Gasteiger charge is 2.16. The van der Waals surface area contributed by atoms with Gasteiger partial charge in [-0.15, -0.1) is 0 Å². The molecule has 0 aliphatic rings. The minimum atomic E-state index is -0.535. The van der Waals surface area contributed by atoms with E-state index >= 15 is 0 Å². The van der Waals surface area contributed by atoms with Gasteiger partial charge >= 0.3 is 0 Å². The molecule has 1 N–H and O–H groups in total. The van der Waals surface area contributed by atoms with E-state index in [2.05, 4.69) is 0 Å². The molecule has 0 saturated heterocycles. The molecule has 1 rings (SSSR count). The van der Waals surface area contributed by atoms with Crippen molar-refractivity contribution in [3.63, 3.8) is 0 Å². The van der Waals surface area contributed by atoms with Crippen molar-refractivity contribution in [2.45, 2.75) is 0 Å². The van der Waals surface area contributed by atoms with Crippen LogP contribution in [-0.4, -0.2) is 27.2 Å². The molecule has 0 saturated carbocycles. The predicted molar refractivity (Wildman–Crippen MR) is 59.2 cm³/mol. The van der Waals surface area contributed by atoms with Gasteiger partial charge in [0.2, 0.25) is 5.75 Å². The monoisotopic (exact) mass is 236 g/mol. The molecule has 1 aromatic rings. The molecule has 6 nitrogen and oxygen atoms in total. The zero-order valence-electron chi connectivity index (χ0n) is 9.73. The first-order valence-corrected chi connectivity index (χ1v) is 4.67. The topological polar surface area (TPSA) is 80.6 Å². The van der Waals surface area contributed by atoms with Crippen molar-refractivity contribution in [1.29, 1.82) is 5.26 Å². The Kier molecular flexibility index (Phi) is 4.17. The summed E-state index contributed by atoms with van der Waals surface area (Å²) in [6, 6.07) is 2.93. The first-order valence-electron chi connectivity index (χ1n) is 4.67. The number of methoxy groups -OCH3 is 3. The third kappa shape index (κ3) is 2.58. The Morgan fingerprint density at radius 2 is 1.71 bits per heavy atom. The van der Waals surface area contributed by atoms with E-state index in [1.165, 1.54) is 33.5 Å². The van der Waals surface area contributed by atoms with Crippen molar-refractivity contribution in [1.82, 2.24) is 5.32 Å². The summed E-state index contributed by atoms with van der Waals surface area (Å²) in [5, 5.41) is 10.4. The second-order valence-electron chi connectivity index (χ2n) is 2.98. The third-order valence-electron chi connectivity index (χ3n) is 2.10. The van der Waals surface area contributed by atoms with Crippen molar-refractivity contribution >= 4 is 5.91 Å². The van der Waals surface area contributed by atoms with E-state index in [1.54, 1.807) is 6.19 Å². The minimum Gasteiger partial charge on any atom is -0.493 e. The zero-order chi connectivity index (χ0) is 12.8. The number of benzene rings is 1. The maximum atomic E-state index is 11.5. The number of hydrogen-bond donors (Lipinski definition) is 1. The van der Waals surface area contributed by atoms with Crippen LogP contribution in [0.1, 0.15) is 10.4 Å². The van der Waals surface area contributed by atoms with Crippen LogP contribution in [0.4, 0.5) is 0 Å². The molecule has 0 aliphatic carbocycles. The summed E-state index contributed by atoms with van der Waals surface area (Å²) in [6.45, 7) is 0. The molecule has 0 heterocycles. The highest BCUT2D eigenvalue weighted by molar-refractivity contribution is 5.96. The maximum absolute atomic E-state index is 11.5. The SMILES string of the molecule is COc1cc(C(=O)NC#N)cc(OC)c1OC. The number of carbonyl (C=O) groups is 1. The highest BCUT2D eigenvalue weighted by atomic mass is 16.5. The predicted octanol–water partition coefficient (Wildman–Crippen LogP) is 0.923. The molecule has 17 heavy (non-hydrogen) atoms. The average molecular weight is 236 g/mol. The van der Waals surface area contributed by atoms with Gasteiger partial charge in [-0.1, -0.05) is 0 Å². The fourth-order valence-electron chi connectivity index (χ4n) is 1.34. The largest absolute Gasteiger partial charge is 0.493 e. The molecule has 6 heteroatoms. The van der Waals surface area contributed by atoms with Crippen LogP contribution in [0.2, 0.25) is 0 Å². The van der Waals surface area contributed by atoms with Crippen LogP contribution in [0.15, 0.2) is 12.1 Å². The molecule has 0 aliphatic heterocycles. The van der Waals surface area contributed by atoms with Crippen molar-refractivity contribution in [3.8, 4) is 23.4 Å². The summed E-state index contributed by atoms with van der Waals surface area (Å²) in [6.07, 6.45) is 1.56. The summed E-state index contributed by atoms with van der Waals surface area (Å²) in [7, 11) is 4.36. The van der Waals surface area contributed by atoms with E-state index in [1.807, 2.05) is 5.32 Å². The van der Waals surface area contributed by atoms with Gasteiger partial charge in [0.05, 0.1) is 21.3 Å². The van der Waals surface area contributed by atoms with Gasteiger partial charge in [-0.2, -0.15) is 5.26 Å². The molecule has 0 bridgehead atoms. The van der Waals surface area contributed by atoms with Crippen LogP contribution in [-0.2, 0) is 0 Å². The molecule has 0 spiro atoms. The van der Waals surface area contributed by atoms with Crippen LogP contribution >= 0.6 is 0 Å². The van der Waals surface area contributed by atoms with Gasteiger partial charge in [0.25, 0.3) is 5.91 Å². The van der Waals surface area contributed by atoms with Crippen LogP contribution in [0.5, 0.6) is 17.2 Å². The number of nitrogens with zero attached hydrogens (tertiary/aromatic N) is 1. The van der Waals surface area contributed by atoms with E-state index in [9.17, 15) is 4.79 Å². The van der Waals surface area contributed by atoms with Gasteiger partial charge in [0.1, 0.15) is 0 Å². The molecule has 1 amide bonds. The summed E-state index contributed by atoms with van der Waals surface area (Å²) in [5.74, 6) is 0.570. The number of amides is 1. The normalized spacial score (nSPS) is 9.06. The second-order valence-corrected chi connectivity index (χ2v) is 2.98. The molecule has 0 fully saturated rings. The Hall–Kier alpha value is -2.42. The molecule has 1 aromatic carbocycles. The Balaban J connectivity index is 3.28. The van der Waals surface area contributed by atoms with Gasteiger partial charge in [-0.25, -0.2) is 0 Å². The summed E-state index contributed by atoms with van der Waals surface area (Å²) in [4.78, 5) is 11.5. The van der Waals surface area contributed by atoms with E-state index in [0.717, 1.165) is 0 Å². The number of ether oxygens (including phenoxy) is 3. The Bertz CT molecular complexity index is 440. The maximum Gasteiger partial charge on any atom is 0.264 e. The third-order valence-corrected chi connectivity index (χ3v) is 2.10.